The van der Waals surface area contributed by atoms with Gasteiger partial charge in [0.2, 0.25) is 5.95 Å². The molecule has 3 N–H and O–H groups in total. The first-order valence-corrected chi connectivity index (χ1v) is 10.3. The number of nitrogens with zero attached hydrogens (tertiary/aromatic N) is 5. The van der Waals surface area contributed by atoms with Crippen LogP contribution in [0, 0.1) is 5.82 Å². The van der Waals surface area contributed by atoms with Gasteiger partial charge in [0.1, 0.15) is 5.82 Å². The summed E-state index contributed by atoms with van der Waals surface area (Å²) >= 11 is 5.94. The summed E-state index contributed by atoms with van der Waals surface area (Å²) in [5, 5.41) is 8.45. The van der Waals surface area contributed by atoms with Crippen LogP contribution in [0.25, 0.3) is 16.9 Å². The minimum Gasteiger partial charge on any atom is -0.405 e. The molecule has 0 unspecified atom stereocenters. The number of piperidine rings is 1. The number of fused-ring (bicyclic) bond motifs is 1. The van der Waals surface area contributed by atoms with E-state index < -0.39 is 0 Å². The van der Waals surface area contributed by atoms with Gasteiger partial charge in [-0.3, -0.25) is 4.98 Å². The maximum atomic E-state index is 13.2. The van der Waals surface area contributed by atoms with Crippen LogP contribution in [-0.4, -0.2) is 43.6 Å². The van der Waals surface area contributed by atoms with Crippen molar-refractivity contribution in [3.63, 3.8) is 0 Å². The van der Waals surface area contributed by atoms with Gasteiger partial charge in [-0.2, -0.15) is 4.98 Å². The smallest absolute Gasteiger partial charge is 0.243 e. The molecule has 0 aromatic carbocycles. The summed E-state index contributed by atoms with van der Waals surface area (Å²) in [5.74, 6) is 0.181. The van der Waals surface area contributed by atoms with Crippen molar-refractivity contribution in [1.29, 1.82) is 0 Å². The zero-order valence-electron chi connectivity index (χ0n) is 16.9. The molecule has 1 fully saturated rings. The van der Waals surface area contributed by atoms with Gasteiger partial charge in [-0.15, -0.1) is 5.10 Å². The van der Waals surface area contributed by atoms with E-state index in [1.165, 1.54) is 18.5 Å². The van der Waals surface area contributed by atoms with Crippen molar-refractivity contribution in [3.8, 4) is 11.3 Å². The standard InChI is InChI=1S/C22H23ClFN7/c1-15(23)13-18(6-9-25)30-11-7-17(8-12-30)27-22-28-21-19(3-2-10-31(21)29-22)20-5-4-16(24)14-26-20/h2-6,9-10,13-14,17H,1,7-8,11-12,25H2,(H,27,29)/b9-6-,18-13+. The predicted octanol–water partition coefficient (Wildman–Crippen LogP) is 3.92. The molecule has 9 heteroatoms. The Morgan fingerprint density at radius 3 is 2.77 bits per heavy atom. The number of aromatic nitrogens is 4. The average Bonchev–Trinajstić information content (AvgIpc) is 3.17. The maximum absolute atomic E-state index is 13.2. The van der Waals surface area contributed by atoms with Gasteiger partial charge in [-0.25, -0.2) is 8.91 Å². The molecule has 31 heavy (non-hydrogen) atoms. The Kier molecular flexibility index (Phi) is 6.18. The highest BCUT2D eigenvalue weighted by atomic mass is 35.5. The summed E-state index contributed by atoms with van der Waals surface area (Å²) in [6, 6.07) is 7.03. The number of hydrogen-bond acceptors (Lipinski definition) is 6. The minimum atomic E-state index is -0.374. The Labute approximate surface area is 184 Å². The maximum Gasteiger partial charge on any atom is 0.243 e. The lowest BCUT2D eigenvalue weighted by atomic mass is 10.0. The van der Waals surface area contributed by atoms with Gasteiger partial charge in [0.15, 0.2) is 5.65 Å². The molecule has 1 aliphatic heterocycles. The molecular formula is C22H23ClFN7. The van der Waals surface area contributed by atoms with Crippen LogP contribution in [0.1, 0.15) is 12.8 Å². The van der Waals surface area contributed by atoms with Crippen molar-refractivity contribution in [2.45, 2.75) is 18.9 Å². The molecule has 160 valence electrons. The third-order valence-electron chi connectivity index (χ3n) is 5.13. The van der Waals surface area contributed by atoms with E-state index in [1.807, 2.05) is 30.5 Å². The highest BCUT2D eigenvalue weighted by Gasteiger charge is 2.21. The van der Waals surface area contributed by atoms with Crippen molar-refractivity contribution in [3.05, 3.63) is 78.1 Å². The molecule has 4 heterocycles. The highest BCUT2D eigenvalue weighted by molar-refractivity contribution is 6.30. The van der Waals surface area contributed by atoms with Crippen LogP contribution in [0.3, 0.4) is 0 Å². The Balaban J connectivity index is 1.47. The quantitative estimate of drug-likeness (QED) is 0.566. The van der Waals surface area contributed by atoms with E-state index in [9.17, 15) is 4.39 Å². The van der Waals surface area contributed by atoms with E-state index in [0.29, 0.717) is 22.3 Å². The van der Waals surface area contributed by atoms with Crippen LogP contribution in [0.5, 0.6) is 0 Å². The van der Waals surface area contributed by atoms with Gasteiger partial charge in [0.25, 0.3) is 0 Å². The number of allylic oxidation sites excluding steroid dienone is 3. The summed E-state index contributed by atoms with van der Waals surface area (Å²) in [6.07, 6.45) is 10.00. The van der Waals surface area contributed by atoms with Gasteiger partial charge in [-0.1, -0.05) is 18.2 Å². The van der Waals surface area contributed by atoms with Crippen LogP contribution < -0.4 is 11.1 Å². The highest BCUT2D eigenvalue weighted by Crippen LogP contribution is 2.24. The Hall–Kier alpha value is -3.39. The number of halogens is 2. The third-order valence-corrected chi connectivity index (χ3v) is 5.24. The predicted molar refractivity (Wildman–Crippen MR) is 121 cm³/mol. The number of likely N-dealkylation sites (tertiary alicyclic amines) is 1. The van der Waals surface area contributed by atoms with Gasteiger partial charge in [0, 0.05) is 41.6 Å². The van der Waals surface area contributed by atoms with E-state index in [4.69, 9.17) is 17.3 Å². The molecule has 0 atom stereocenters. The number of anilines is 1. The average molecular weight is 440 g/mol. The first kappa shape index (κ1) is 20.9. The van der Waals surface area contributed by atoms with Gasteiger partial charge in [0.05, 0.1) is 11.9 Å². The topological polar surface area (TPSA) is 84.4 Å². The first-order valence-electron chi connectivity index (χ1n) is 9.96. The Morgan fingerprint density at radius 2 is 2.10 bits per heavy atom. The molecular weight excluding hydrogens is 417 g/mol. The molecule has 3 aromatic rings. The van der Waals surface area contributed by atoms with E-state index in [2.05, 4.69) is 31.9 Å². The van der Waals surface area contributed by atoms with Gasteiger partial charge < -0.3 is 16.0 Å². The number of hydrogen-bond donors (Lipinski definition) is 2. The van der Waals surface area contributed by atoms with Crippen LogP contribution in [0.2, 0.25) is 0 Å². The summed E-state index contributed by atoms with van der Waals surface area (Å²) < 4.78 is 14.9. The Morgan fingerprint density at radius 1 is 1.29 bits per heavy atom. The van der Waals surface area contributed by atoms with Crippen molar-refractivity contribution in [2.24, 2.45) is 5.73 Å². The summed E-state index contributed by atoms with van der Waals surface area (Å²) in [6.45, 7) is 5.42. The monoisotopic (exact) mass is 439 g/mol. The first-order chi connectivity index (χ1) is 15.0. The molecule has 0 spiro atoms. The normalized spacial score (nSPS) is 15.7. The third kappa shape index (κ3) is 4.86. The number of nitrogens with one attached hydrogen (secondary N) is 1. The Bertz CT molecular complexity index is 1130. The van der Waals surface area contributed by atoms with Crippen molar-refractivity contribution in [1.82, 2.24) is 24.5 Å². The second kappa shape index (κ2) is 9.18. The lowest BCUT2D eigenvalue weighted by molar-refractivity contribution is 0.278. The lowest BCUT2D eigenvalue weighted by Gasteiger charge is -2.34. The summed E-state index contributed by atoms with van der Waals surface area (Å²) in [5.41, 5.74) is 8.62. The fourth-order valence-corrected chi connectivity index (χ4v) is 3.78. The molecule has 0 bridgehead atoms. The minimum absolute atomic E-state index is 0.239. The molecule has 0 amide bonds. The van der Waals surface area contributed by atoms with E-state index in [1.54, 1.807) is 10.6 Å². The van der Waals surface area contributed by atoms with Crippen molar-refractivity contribution < 1.29 is 4.39 Å². The van der Waals surface area contributed by atoms with Crippen LogP contribution in [-0.2, 0) is 0 Å². The molecule has 3 aromatic heterocycles. The molecule has 0 radical (unpaired) electrons. The largest absolute Gasteiger partial charge is 0.405 e. The lowest BCUT2D eigenvalue weighted by Crippen LogP contribution is -2.38. The van der Waals surface area contributed by atoms with E-state index >= 15 is 0 Å². The van der Waals surface area contributed by atoms with Gasteiger partial charge in [-0.05, 0) is 55.5 Å². The fraction of sp³-hybridized carbons (Fsp3) is 0.227. The number of rotatable bonds is 6. The van der Waals surface area contributed by atoms with Gasteiger partial charge >= 0.3 is 0 Å². The van der Waals surface area contributed by atoms with Crippen molar-refractivity contribution >= 4 is 23.2 Å². The molecule has 0 saturated carbocycles. The second-order valence-electron chi connectivity index (χ2n) is 7.27. The SMILES string of the molecule is C=C(Cl)/C=C(\C=C/N)N1CCC(Nc2nc3c(-c4ccc(F)cn4)cccn3n2)CC1. The molecule has 4 rings (SSSR count). The molecule has 7 nitrogen and oxygen atoms in total. The van der Waals surface area contributed by atoms with E-state index in [0.717, 1.165) is 37.2 Å². The number of nitrogens with two attached hydrogens (primary N) is 1. The van der Waals surface area contributed by atoms with Crippen LogP contribution in [0.15, 0.2) is 72.3 Å². The molecule has 1 aliphatic rings. The molecule has 0 aliphatic carbocycles. The fourth-order valence-electron chi connectivity index (χ4n) is 3.67. The van der Waals surface area contributed by atoms with Crippen LogP contribution in [0.4, 0.5) is 10.3 Å². The second-order valence-corrected chi connectivity index (χ2v) is 7.75. The van der Waals surface area contributed by atoms with Crippen molar-refractivity contribution in [2.75, 3.05) is 18.4 Å². The zero-order valence-corrected chi connectivity index (χ0v) is 17.6. The molecule has 1 saturated heterocycles. The summed E-state index contributed by atoms with van der Waals surface area (Å²) in [4.78, 5) is 11.0. The van der Waals surface area contributed by atoms with E-state index in [-0.39, 0.29) is 11.9 Å². The summed E-state index contributed by atoms with van der Waals surface area (Å²) in [7, 11) is 0. The zero-order chi connectivity index (χ0) is 21.8. The van der Waals surface area contributed by atoms with Crippen LogP contribution >= 0.6 is 11.6 Å². The number of pyridine rings is 2.